The number of hydrogen-bond acceptors (Lipinski definition) is 8. The highest BCUT2D eigenvalue weighted by molar-refractivity contribution is 5.80. The summed E-state index contributed by atoms with van der Waals surface area (Å²) >= 11 is 0. The van der Waals surface area contributed by atoms with Crippen molar-refractivity contribution < 1.29 is 19.6 Å². The maximum absolute atomic E-state index is 12.2. The molecule has 1 saturated heterocycles. The Balaban J connectivity index is 1.79. The van der Waals surface area contributed by atoms with E-state index in [0.717, 1.165) is 0 Å². The van der Waals surface area contributed by atoms with E-state index in [1.165, 1.54) is 10.8 Å². The second-order valence-electron chi connectivity index (χ2n) is 5.79. The number of nitrogens with zero attached hydrogens (tertiary/aromatic N) is 3. The summed E-state index contributed by atoms with van der Waals surface area (Å²) < 4.78 is 11.3. The average Bonchev–Trinajstić information content (AvgIpc) is 3.20. The van der Waals surface area contributed by atoms with Crippen LogP contribution >= 0.6 is 0 Å². The molecule has 3 N–H and O–H groups in total. The van der Waals surface area contributed by atoms with Crippen molar-refractivity contribution in [2.24, 2.45) is 0 Å². The lowest BCUT2D eigenvalue weighted by Gasteiger charge is -2.15. The van der Waals surface area contributed by atoms with Crippen molar-refractivity contribution in [3.05, 3.63) is 45.2 Å². The molecule has 0 aliphatic carbocycles. The Kier molecular flexibility index (Phi) is 3.71. The highest BCUT2D eigenvalue weighted by Gasteiger charge is 2.35. The summed E-state index contributed by atoms with van der Waals surface area (Å²) in [5.74, 6) is 0. The first-order valence-electron chi connectivity index (χ1n) is 7.59. The van der Waals surface area contributed by atoms with Crippen molar-refractivity contribution in [2.45, 2.75) is 24.9 Å². The summed E-state index contributed by atoms with van der Waals surface area (Å²) in [6.07, 6.45) is -0.956. The number of benzene rings is 1. The summed E-state index contributed by atoms with van der Waals surface area (Å²) in [5.41, 5.74) is 0.553. The maximum atomic E-state index is 12.2. The fraction of sp³-hybridized carbons (Fsp3) is 0.333. The van der Waals surface area contributed by atoms with Gasteiger partial charge in [-0.2, -0.15) is 0 Å². The van der Waals surface area contributed by atoms with Gasteiger partial charge in [-0.1, -0.05) is 6.07 Å². The molecule has 0 unspecified atom stereocenters. The van der Waals surface area contributed by atoms with E-state index in [1.54, 1.807) is 18.2 Å². The second-order valence-corrected chi connectivity index (χ2v) is 5.79. The van der Waals surface area contributed by atoms with Crippen LogP contribution < -0.4 is 11.2 Å². The molecule has 1 aliphatic heterocycles. The van der Waals surface area contributed by atoms with Crippen LogP contribution in [0.5, 0.6) is 0 Å². The first-order valence-corrected chi connectivity index (χ1v) is 7.59. The molecule has 3 atom stereocenters. The van der Waals surface area contributed by atoms with E-state index in [9.17, 15) is 19.8 Å². The Labute approximate surface area is 139 Å². The molecule has 25 heavy (non-hydrogen) atoms. The number of nitrogens with one attached hydrogen (secondary N) is 1. The molecule has 3 aromatic rings. The van der Waals surface area contributed by atoms with Crippen LogP contribution in [0.25, 0.3) is 22.2 Å². The van der Waals surface area contributed by atoms with Crippen molar-refractivity contribution in [1.82, 2.24) is 19.9 Å². The third-order valence-electron chi connectivity index (χ3n) is 4.23. The predicted octanol–water partition coefficient (Wildman–Crippen LogP) is -0.619. The molecule has 0 amide bonds. The van der Waals surface area contributed by atoms with Crippen LogP contribution in [0.1, 0.15) is 12.6 Å². The summed E-state index contributed by atoms with van der Waals surface area (Å²) in [6.45, 7) is -0.363. The number of fused-ring (bicyclic) bond motifs is 1. The molecule has 0 bridgehead atoms. The zero-order valence-electron chi connectivity index (χ0n) is 12.8. The van der Waals surface area contributed by atoms with Crippen molar-refractivity contribution in [3.63, 3.8) is 0 Å². The molecular formula is C15H14N4O6. The first-order chi connectivity index (χ1) is 12.1. The van der Waals surface area contributed by atoms with Gasteiger partial charge in [0.1, 0.15) is 23.4 Å². The van der Waals surface area contributed by atoms with Crippen LogP contribution in [0, 0.1) is 0 Å². The maximum Gasteiger partial charge on any atom is 0.330 e. The van der Waals surface area contributed by atoms with E-state index in [1.807, 2.05) is 0 Å². The number of hydrogen-bond donors (Lipinski definition) is 3. The van der Waals surface area contributed by atoms with Gasteiger partial charge in [-0.05, 0) is 28.0 Å². The zero-order valence-corrected chi connectivity index (χ0v) is 12.8. The monoisotopic (exact) mass is 346 g/mol. The minimum Gasteiger partial charge on any atom is -0.394 e. The molecule has 0 spiro atoms. The van der Waals surface area contributed by atoms with Crippen LogP contribution in [0.3, 0.4) is 0 Å². The molecule has 130 valence electrons. The van der Waals surface area contributed by atoms with Crippen molar-refractivity contribution in [1.29, 1.82) is 0 Å². The predicted molar refractivity (Wildman–Crippen MR) is 83.7 cm³/mol. The number of aromatic amines is 1. The quantitative estimate of drug-likeness (QED) is 0.569. The Bertz CT molecular complexity index is 1040. The topological polar surface area (TPSA) is 143 Å². The van der Waals surface area contributed by atoms with Crippen molar-refractivity contribution >= 4 is 11.0 Å². The molecular weight excluding hydrogens is 332 g/mol. The highest BCUT2D eigenvalue weighted by Crippen LogP contribution is 2.28. The van der Waals surface area contributed by atoms with Gasteiger partial charge in [0.05, 0.1) is 18.3 Å². The van der Waals surface area contributed by atoms with Crippen LogP contribution in [0.15, 0.2) is 38.6 Å². The standard InChI is InChI=1S/C15H14N4O6/c20-6-12-11(21)4-13(24-12)19-5-8(14(22)16-15(19)23)7-1-2-9-10(3-7)18-25-17-9/h1-3,5,11-13,20-21H,4,6H2,(H,16,22,23)/t11-,12+,13+/m0/s1. The lowest BCUT2D eigenvalue weighted by molar-refractivity contribution is -0.0458. The summed E-state index contributed by atoms with van der Waals surface area (Å²) in [5, 5.41) is 26.5. The smallest absolute Gasteiger partial charge is 0.330 e. The number of H-pyrrole nitrogens is 1. The SMILES string of the molecule is O=c1[nH]c(=O)n([C@H]2C[C@H](O)[C@@H](CO)O2)cc1-c1ccc2nonc2c1. The van der Waals surface area contributed by atoms with E-state index >= 15 is 0 Å². The van der Waals surface area contributed by atoms with E-state index in [2.05, 4.69) is 19.9 Å². The van der Waals surface area contributed by atoms with E-state index < -0.39 is 29.7 Å². The normalized spacial score (nSPS) is 23.4. The fourth-order valence-electron chi connectivity index (χ4n) is 2.90. The Morgan fingerprint density at radius 2 is 2.08 bits per heavy atom. The third-order valence-corrected chi connectivity index (χ3v) is 4.23. The molecule has 0 saturated carbocycles. The summed E-state index contributed by atoms with van der Waals surface area (Å²) in [7, 11) is 0. The molecule has 1 fully saturated rings. The van der Waals surface area contributed by atoms with Crippen molar-refractivity contribution in [3.8, 4) is 11.1 Å². The Morgan fingerprint density at radius 3 is 2.84 bits per heavy atom. The van der Waals surface area contributed by atoms with Gasteiger partial charge in [-0.3, -0.25) is 14.3 Å². The number of aromatic nitrogens is 4. The summed E-state index contributed by atoms with van der Waals surface area (Å²) in [6, 6.07) is 4.92. The Morgan fingerprint density at radius 1 is 1.28 bits per heavy atom. The molecule has 3 heterocycles. The Hall–Kier alpha value is -2.82. The van der Waals surface area contributed by atoms with Gasteiger partial charge in [-0.15, -0.1) is 0 Å². The van der Waals surface area contributed by atoms with Gasteiger partial charge in [0, 0.05) is 12.6 Å². The molecule has 1 aliphatic rings. The van der Waals surface area contributed by atoms with Gasteiger partial charge in [0.2, 0.25) is 0 Å². The largest absolute Gasteiger partial charge is 0.394 e. The molecule has 10 nitrogen and oxygen atoms in total. The van der Waals surface area contributed by atoms with E-state index in [0.29, 0.717) is 16.6 Å². The van der Waals surface area contributed by atoms with Crippen LogP contribution in [-0.2, 0) is 4.74 Å². The fourth-order valence-corrected chi connectivity index (χ4v) is 2.90. The van der Waals surface area contributed by atoms with Gasteiger partial charge in [0.15, 0.2) is 0 Å². The summed E-state index contributed by atoms with van der Waals surface area (Å²) in [4.78, 5) is 26.6. The van der Waals surface area contributed by atoms with E-state index in [4.69, 9.17) is 4.74 Å². The molecule has 1 aromatic carbocycles. The highest BCUT2D eigenvalue weighted by atomic mass is 16.6. The molecule has 0 radical (unpaired) electrons. The van der Waals surface area contributed by atoms with Gasteiger partial charge in [-0.25, -0.2) is 9.42 Å². The van der Waals surface area contributed by atoms with Crippen LogP contribution in [0.2, 0.25) is 0 Å². The van der Waals surface area contributed by atoms with Crippen LogP contribution in [-0.4, -0.2) is 48.9 Å². The lowest BCUT2D eigenvalue weighted by Crippen LogP contribution is -2.33. The van der Waals surface area contributed by atoms with Crippen LogP contribution in [0.4, 0.5) is 0 Å². The average molecular weight is 346 g/mol. The third kappa shape index (κ3) is 2.65. The van der Waals surface area contributed by atoms with Crippen molar-refractivity contribution in [2.75, 3.05) is 6.61 Å². The van der Waals surface area contributed by atoms with Gasteiger partial charge < -0.3 is 14.9 Å². The molecule has 10 heteroatoms. The minimum absolute atomic E-state index is 0.128. The van der Waals surface area contributed by atoms with Gasteiger partial charge in [0.25, 0.3) is 5.56 Å². The number of aliphatic hydroxyl groups excluding tert-OH is 2. The number of aliphatic hydroxyl groups is 2. The number of rotatable bonds is 3. The molecule has 2 aromatic heterocycles. The first kappa shape index (κ1) is 15.7. The second kappa shape index (κ2) is 5.92. The zero-order chi connectivity index (χ0) is 17.6. The van der Waals surface area contributed by atoms with Gasteiger partial charge >= 0.3 is 5.69 Å². The molecule has 4 rings (SSSR count). The number of ether oxygens (including phenoxy) is 1. The lowest BCUT2D eigenvalue weighted by atomic mass is 10.1. The van der Waals surface area contributed by atoms with E-state index in [-0.39, 0.29) is 18.6 Å². The minimum atomic E-state index is -0.894.